The number of nitrogens with zero attached hydrogens (tertiary/aromatic N) is 1. The van der Waals surface area contributed by atoms with Gasteiger partial charge in [-0.25, -0.2) is 0 Å². The Hall–Kier alpha value is -2.53. The molecule has 0 aromatic heterocycles. The van der Waals surface area contributed by atoms with E-state index in [1.807, 2.05) is 36.4 Å². The molecule has 1 atom stereocenters. The minimum Gasteiger partial charge on any atom is -0.488 e. The highest BCUT2D eigenvalue weighted by Gasteiger charge is 2.29. The van der Waals surface area contributed by atoms with E-state index in [1.54, 1.807) is 24.1 Å². The van der Waals surface area contributed by atoms with Crippen molar-refractivity contribution in [2.24, 2.45) is 5.92 Å². The van der Waals surface area contributed by atoms with Gasteiger partial charge in [-0.05, 0) is 42.7 Å². The van der Waals surface area contributed by atoms with Crippen molar-refractivity contribution in [2.45, 2.75) is 19.4 Å². The molecule has 0 radical (unpaired) electrons. The van der Waals surface area contributed by atoms with Gasteiger partial charge in [0.2, 0.25) is 5.91 Å². The molecule has 0 aliphatic carbocycles. The van der Waals surface area contributed by atoms with Gasteiger partial charge in [0.05, 0.1) is 11.5 Å². The molecule has 1 aliphatic heterocycles. The fourth-order valence-corrected chi connectivity index (χ4v) is 3.39. The number of rotatable bonds is 5. The third-order valence-electron chi connectivity index (χ3n) is 4.75. The lowest BCUT2D eigenvalue weighted by molar-refractivity contribution is -0.125. The van der Waals surface area contributed by atoms with Crippen LogP contribution in [0.5, 0.6) is 5.75 Å². The van der Waals surface area contributed by atoms with Crippen molar-refractivity contribution in [3.05, 3.63) is 64.7 Å². The highest BCUT2D eigenvalue weighted by Crippen LogP contribution is 2.25. The Bertz CT molecular complexity index is 807. The molecular formula is C21H23ClN2O3. The standard InChI is InChI=1S/C21H23ClN2O3/c1-23-20(25)16-5-4-12-24(13-16)21(26)18-6-2-3-7-19(18)27-14-15-8-10-17(22)11-9-15/h2-3,6-11,16H,4-5,12-14H2,1H3,(H,23,25). The topological polar surface area (TPSA) is 58.6 Å². The Labute approximate surface area is 164 Å². The molecule has 1 saturated heterocycles. The number of piperidine rings is 1. The maximum atomic E-state index is 13.0. The van der Waals surface area contributed by atoms with Crippen molar-refractivity contribution in [1.29, 1.82) is 0 Å². The number of likely N-dealkylation sites (tertiary alicyclic amines) is 1. The van der Waals surface area contributed by atoms with E-state index in [-0.39, 0.29) is 17.7 Å². The maximum Gasteiger partial charge on any atom is 0.257 e. The van der Waals surface area contributed by atoms with Crippen molar-refractivity contribution < 1.29 is 14.3 Å². The molecule has 2 aromatic carbocycles. The highest BCUT2D eigenvalue weighted by atomic mass is 35.5. The first-order valence-corrected chi connectivity index (χ1v) is 9.43. The van der Waals surface area contributed by atoms with Crippen LogP contribution in [-0.4, -0.2) is 36.9 Å². The number of carbonyl (C=O) groups is 2. The lowest BCUT2D eigenvalue weighted by Crippen LogP contribution is -2.44. The molecule has 6 heteroatoms. The van der Waals surface area contributed by atoms with Crippen LogP contribution >= 0.6 is 11.6 Å². The molecule has 1 unspecified atom stereocenters. The second-order valence-electron chi connectivity index (χ2n) is 6.62. The van der Waals surface area contributed by atoms with Crippen LogP contribution in [0.15, 0.2) is 48.5 Å². The number of ether oxygens (including phenoxy) is 1. The molecule has 5 nitrogen and oxygen atoms in total. The molecule has 1 aliphatic rings. The van der Waals surface area contributed by atoms with Crippen molar-refractivity contribution in [1.82, 2.24) is 10.2 Å². The van der Waals surface area contributed by atoms with Crippen LogP contribution in [0.2, 0.25) is 5.02 Å². The summed E-state index contributed by atoms with van der Waals surface area (Å²) < 4.78 is 5.90. The molecule has 0 bridgehead atoms. The number of halogens is 1. The SMILES string of the molecule is CNC(=O)C1CCCN(C(=O)c2ccccc2OCc2ccc(Cl)cc2)C1. The third-order valence-corrected chi connectivity index (χ3v) is 5.00. The highest BCUT2D eigenvalue weighted by molar-refractivity contribution is 6.30. The molecule has 0 spiro atoms. The smallest absolute Gasteiger partial charge is 0.257 e. The summed E-state index contributed by atoms with van der Waals surface area (Å²) in [6, 6.07) is 14.6. The van der Waals surface area contributed by atoms with E-state index in [4.69, 9.17) is 16.3 Å². The van der Waals surface area contributed by atoms with Crippen LogP contribution < -0.4 is 10.1 Å². The average Bonchev–Trinajstić information content (AvgIpc) is 2.72. The average molecular weight is 387 g/mol. The molecule has 1 fully saturated rings. The number of hydrogen-bond donors (Lipinski definition) is 1. The van der Waals surface area contributed by atoms with Gasteiger partial charge in [-0.1, -0.05) is 35.9 Å². The third kappa shape index (κ3) is 4.80. The lowest BCUT2D eigenvalue weighted by atomic mass is 9.96. The van der Waals surface area contributed by atoms with E-state index in [1.165, 1.54) is 0 Å². The fourth-order valence-electron chi connectivity index (χ4n) is 3.26. The van der Waals surface area contributed by atoms with Gasteiger partial charge in [0.25, 0.3) is 5.91 Å². The van der Waals surface area contributed by atoms with Gasteiger partial charge in [0.15, 0.2) is 0 Å². The summed E-state index contributed by atoms with van der Waals surface area (Å²) in [5, 5.41) is 3.35. The van der Waals surface area contributed by atoms with Crippen LogP contribution in [0.25, 0.3) is 0 Å². The van der Waals surface area contributed by atoms with E-state index < -0.39 is 0 Å². The molecule has 2 aromatic rings. The van der Waals surface area contributed by atoms with Crippen LogP contribution in [0, 0.1) is 5.92 Å². The zero-order valence-corrected chi connectivity index (χ0v) is 16.0. The number of hydrogen-bond acceptors (Lipinski definition) is 3. The summed E-state index contributed by atoms with van der Waals surface area (Å²) in [6.45, 7) is 1.43. The number of benzene rings is 2. The van der Waals surface area contributed by atoms with E-state index in [0.29, 0.717) is 36.0 Å². The van der Waals surface area contributed by atoms with E-state index in [2.05, 4.69) is 5.32 Å². The first-order chi connectivity index (χ1) is 13.1. The summed E-state index contributed by atoms with van der Waals surface area (Å²) in [4.78, 5) is 26.7. The molecule has 1 N–H and O–H groups in total. The van der Waals surface area contributed by atoms with Gasteiger partial charge >= 0.3 is 0 Å². The zero-order valence-electron chi connectivity index (χ0n) is 15.3. The van der Waals surface area contributed by atoms with Crippen molar-refractivity contribution in [3.63, 3.8) is 0 Å². The molecule has 27 heavy (non-hydrogen) atoms. The van der Waals surface area contributed by atoms with Gasteiger partial charge in [-0.2, -0.15) is 0 Å². The Balaban J connectivity index is 1.71. The van der Waals surface area contributed by atoms with Crippen LogP contribution in [0.3, 0.4) is 0 Å². The Morgan fingerprint density at radius 1 is 1.19 bits per heavy atom. The zero-order chi connectivity index (χ0) is 19.2. The lowest BCUT2D eigenvalue weighted by Gasteiger charge is -2.32. The molecular weight excluding hydrogens is 364 g/mol. The second kappa shape index (κ2) is 8.91. The minimum atomic E-state index is -0.158. The number of nitrogens with one attached hydrogen (secondary N) is 1. The van der Waals surface area contributed by atoms with Crippen molar-refractivity contribution in [3.8, 4) is 5.75 Å². The predicted molar refractivity (Wildman–Crippen MR) is 105 cm³/mol. The normalized spacial score (nSPS) is 16.7. The van der Waals surface area contributed by atoms with Gasteiger partial charge in [0, 0.05) is 25.2 Å². The summed E-state index contributed by atoms with van der Waals surface area (Å²) in [7, 11) is 1.63. The van der Waals surface area contributed by atoms with E-state index >= 15 is 0 Å². The van der Waals surface area contributed by atoms with Crippen LogP contribution in [0.4, 0.5) is 0 Å². The molecule has 2 amide bonds. The Morgan fingerprint density at radius 2 is 1.93 bits per heavy atom. The monoisotopic (exact) mass is 386 g/mol. The number of amides is 2. The first kappa shape index (κ1) is 19.2. The van der Waals surface area contributed by atoms with Gasteiger partial charge < -0.3 is 15.0 Å². The largest absolute Gasteiger partial charge is 0.488 e. The second-order valence-corrected chi connectivity index (χ2v) is 7.05. The van der Waals surface area contributed by atoms with Gasteiger partial charge in [0.1, 0.15) is 12.4 Å². The molecule has 3 rings (SSSR count). The number of carbonyl (C=O) groups excluding carboxylic acids is 2. The van der Waals surface area contributed by atoms with E-state index in [9.17, 15) is 9.59 Å². The predicted octanol–water partition coefficient (Wildman–Crippen LogP) is 3.52. The molecule has 0 saturated carbocycles. The Morgan fingerprint density at radius 3 is 2.67 bits per heavy atom. The van der Waals surface area contributed by atoms with Crippen LogP contribution in [-0.2, 0) is 11.4 Å². The summed E-state index contributed by atoms with van der Waals surface area (Å²) in [5.41, 5.74) is 1.49. The van der Waals surface area contributed by atoms with Crippen molar-refractivity contribution in [2.75, 3.05) is 20.1 Å². The first-order valence-electron chi connectivity index (χ1n) is 9.05. The quantitative estimate of drug-likeness (QED) is 0.855. The molecule has 142 valence electrons. The minimum absolute atomic E-state index is 0.0141. The number of para-hydroxylation sites is 1. The van der Waals surface area contributed by atoms with Gasteiger partial charge in [-0.3, -0.25) is 9.59 Å². The van der Waals surface area contributed by atoms with E-state index in [0.717, 1.165) is 18.4 Å². The molecule has 1 heterocycles. The maximum absolute atomic E-state index is 13.0. The fraction of sp³-hybridized carbons (Fsp3) is 0.333. The van der Waals surface area contributed by atoms with Crippen LogP contribution in [0.1, 0.15) is 28.8 Å². The summed E-state index contributed by atoms with van der Waals surface area (Å²) >= 11 is 5.91. The Kier molecular flexibility index (Phi) is 6.35. The summed E-state index contributed by atoms with van der Waals surface area (Å²) in [6.07, 6.45) is 1.62. The van der Waals surface area contributed by atoms with Gasteiger partial charge in [-0.15, -0.1) is 0 Å². The van der Waals surface area contributed by atoms with Crippen molar-refractivity contribution >= 4 is 23.4 Å². The summed E-state index contributed by atoms with van der Waals surface area (Å²) in [5.74, 6) is 0.268.